The topological polar surface area (TPSA) is 41.1 Å². The lowest BCUT2D eigenvalue weighted by atomic mass is 10.2. The van der Waals surface area contributed by atoms with E-state index in [0.717, 1.165) is 4.47 Å². The standard InChI is InChI=1S/C10H11BrN2OS/c1-2-12-10(15)13-9(14)7-4-3-5-8(11)6-7/h3-6H,2H2,1H3,(H2,12,13,14,15). The molecule has 0 heterocycles. The molecule has 0 aliphatic carbocycles. The van der Waals surface area contributed by atoms with Gasteiger partial charge in [0.25, 0.3) is 5.91 Å². The summed E-state index contributed by atoms with van der Waals surface area (Å²) in [7, 11) is 0. The summed E-state index contributed by atoms with van der Waals surface area (Å²) in [6.45, 7) is 2.61. The Hall–Kier alpha value is -0.940. The van der Waals surface area contributed by atoms with Crippen molar-refractivity contribution < 1.29 is 4.79 Å². The summed E-state index contributed by atoms with van der Waals surface area (Å²) >= 11 is 8.21. The Morgan fingerprint density at radius 2 is 2.27 bits per heavy atom. The molecule has 0 atom stereocenters. The van der Waals surface area contributed by atoms with Gasteiger partial charge in [0, 0.05) is 16.6 Å². The van der Waals surface area contributed by atoms with Crippen molar-refractivity contribution in [2.75, 3.05) is 6.54 Å². The van der Waals surface area contributed by atoms with E-state index in [-0.39, 0.29) is 5.91 Å². The maximum Gasteiger partial charge on any atom is 0.257 e. The summed E-state index contributed by atoms with van der Waals surface area (Å²) in [5.41, 5.74) is 0.574. The first-order valence-electron chi connectivity index (χ1n) is 4.48. The van der Waals surface area contributed by atoms with Crippen LogP contribution < -0.4 is 10.6 Å². The van der Waals surface area contributed by atoms with Crippen molar-refractivity contribution in [2.24, 2.45) is 0 Å². The first kappa shape index (κ1) is 12.1. The Bertz CT molecular complexity index is 381. The average Bonchev–Trinajstić information content (AvgIpc) is 2.18. The van der Waals surface area contributed by atoms with Gasteiger partial charge in [-0.15, -0.1) is 0 Å². The van der Waals surface area contributed by atoms with E-state index in [1.807, 2.05) is 13.0 Å². The van der Waals surface area contributed by atoms with Gasteiger partial charge < -0.3 is 5.32 Å². The Labute approximate surface area is 102 Å². The quantitative estimate of drug-likeness (QED) is 0.818. The summed E-state index contributed by atoms with van der Waals surface area (Å²) in [6.07, 6.45) is 0. The van der Waals surface area contributed by atoms with Crippen LogP contribution in [0.4, 0.5) is 0 Å². The smallest absolute Gasteiger partial charge is 0.257 e. The second-order valence-corrected chi connectivity index (χ2v) is 4.15. The Balaban J connectivity index is 2.65. The first-order chi connectivity index (χ1) is 7.13. The van der Waals surface area contributed by atoms with Gasteiger partial charge in [0.2, 0.25) is 0 Å². The van der Waals surface area contributed by atoms with E-state index < -0.39 is 0 Å². The van der Waals surface area contributed by atoms with Crippen molar-refractivity contribution in [3.8, 4) is 0 Å². The maximum absolute atomic E-state index is 11.6. The molecule has 1 aromatic rings. The third kappa shape index (κ3) is 3.97. The molecule has 0 aliphatic rings. The predicted octanol–water partition coefficient (Wildman–Crippen LogP) is 2.07. The number of amides is 1. The van der Waals surface area contributed by atoms with E-state index in [1.165, 1.54) is 0 Å². The lowest BCUT2D eigenvalue weighted by molar-refractivity contribution is 0.0976. The second kappa shape index (κ2) is 5.82. The molecule has 0 saturated heterocycles. The van der Waals surface area contributed by atoms with E-state index >= 15 is 0 Å². The number of benzene rings is 1. The molecule has 0 fully saturated rings. The maximum atomic E-state index is 11.6. The van der Waals surface area contributed by atoms with Crippen LogP contribution in [0.5, 0.6) is 0 Å². The minimum absolute atomic E-state index is 0.206. The van der Waals surface area contributed by atoms with Crippen molar-refractivity contribution in [3.63, 3.8) is 0 Å². The third-order valence-corrected chi connectivity index (χ3v) is 2.39. The van der Waals surface area contributed by atoms with Crippen LogP contribution in [0.3, 0.4) is 0 Å². The van der Waals surface area contributed by atoms with Crippen molar-refractivity contribution in [3.05, 3.63) is 34.3 Å². The molecule has 2 N–H and O–H groups in total. The zero-order valence-corrected chi connectivity index (χ0v) is 10.6. The van der Waals surface area contributed by atoms with E-state index in [1.54, 1.807) is 18.2 Å². The molecular formula is C10H11BrN2OS. The molecule has 80 valence electrons. The summed E-state index contributed by atoms with van der Waals surface area (Å²) in [5, 5.41) is 5.78. The van der Waals surface area contributed by atoms with Crippen LogP contribution >= 0.6 is 28.1 Å². The minimum Gasteiger partial charge on any atom is -0.363 e. The highest BCUT2D eigenvalue weighted by Crippen LogP contribution is 2.11. The Kier molecular flexibility index (Phi) is 4.71. The number of carbonyl (C=O) groups excluding carboxylic acids is 1. The van der Waals surface area contributed by atoms with Gasteiger partial charge >= 0.3 is 0 Å². The molecule has 0 unspecified atom stereocenters. The fourth-order valence-corrected chi connectivity index (χ4v) is 1.65. The summed E-state index contributed by atoms with van der Waals surface area (Å²) in [4.78, 5) is 11.6. The van der Waals surface area contributed by atoms with Gasteiger partial charge in [-0.05, 0) is 37.3 Å². The van der Waals surface area contributed by atoms with Crippen LogP contribution in [0, 0.1) is 0 Å². The number of thiocarbonyl (C=S) groups is 1. The molecule has 0 bridgehead atoms. The molecule has 15 heavy (non-hydrogen) atoms. The van der Waals surface area contributed by atoms with Crippen LogP contribution in [0.2, 0.25) is 0 Å². The van der Waals surface area contributed by atoms with Crippen molar-refractivity contribution in [2.45, 2.75) is 6.92 Å². The molecule has 5 heteroatoms. The molecule has 1 amide bonds. The highest BCUT2D eigenvalue weighted by Gasteiger charge is 2.06. The monoisotopic (exact) mass is 286 g/mol. The summed E-state index contributed by atoms with van der Waals surface area (Å²) in [6, 6.07) is 7.13. The normalized spacial score (nSPS) is 9.47. The summed E-state index contributed by atoms with van der Waals surface area (Å²) < 4.78 is 0.865. The van der Waals surface area contributed by atoms with Gasteiger partial charge in [0.15, 0.2) is 5.11 Å². The van der Waals surface area contributed by atoms with E-state index in [0.29, 0.717) is 17.2 Å². The fraction of sp³-hybridized carbons (Fsp3) is 0.200. The van der Waals surface area contributed by atoms with Crippen LogP contribution in [-0.2, 0) is 0 Å². The number of halogens is 1. The highest BCUT2D eigenvalue weighted by molar-refractivity contribution is 9.10. The highest BCUT2D eigenvalue weighted by atomic mass is 79.9. The lowest BCUT2D eigenvalue weighted by Crippen LogP contribution is -2.38. The van der Waals surface area contributed by atoms with Crippen LogP contribution in [0.15, 0.2) is 28.7 Å². The van der Waals surface area contributed by atoms with Crippen molar-refractivity contribution >= 4 is 39.2 Å². The number of nitrogens with one attached hydrogen (secondary N) is 2. The molecule has 0 aromatic heterocycles. The first-order valence-corrected chi connectivity index (χ1v) is 5.68. The van der Waals surface area contributed by atoms with Crippen LogP contribution in [-0.4, -0.2) is 17.6 Å². The van der Waals surface area contributed by atoms with Crippen LogP contribution in [0.25, 0.3) is 0 Å². The number of hydrogen-bond acceptors (Lipinski definition) is 2. The molecule has 1 rings (SSSR count). The predicted molar refractivity (Wildman–Crippen MR) is 67.9 cm³/mol. The number of rotatable bonds is 2. The van der Waals surface area contributed by atoms with E-state index in [9.17, 15) is 4.79 Å². The zero-order chi connectivity index (χ0) is 11.3. The molecule has 3 nitrogen and oxygen atoms in total. The summed E-state index contributed by atoms with van der Waals surface area (Å²) in [5.74, 6) is -0.206. The third-order valence-electron chi connectivity index (χ3n) is 1.65. The zero-order valence-electron chi connectivity index (χ0n) is 8.21. The largest absolute Gasteiger partial charge is 0.363 e. The second-order valence-electron chi connectivity index (χ2n) is 2.82. The van der Waals surface area contributed by atoms with Gasteiger partial charge in [-0.3, -0.25) is 10.1 Å². The van der Waals surface area contributed by atoms with E-state index in [4.69, 9.17) is 12.2 Å². The van der Waals surface area contributed by atoms with Gasteiger partial charge in [-0.2, -0.15) is 0 Å². The molecule has 0 aliphatic heterocycles. The van der Waals surface area contributed by atoms with E-state index in [2.05, 4.69) is 26.6 Å². The molecule has 0 radical (unpaired) electrons. The molecule has 0 saturated carbocycles. The lowest BCUT2D eigenvalue weighted by Gasteiger charge is -2.07. The van der Waals surface area contributed by atoms with Gasteiger partial charge in [-0.1, -0.05) is 22.0 Å². The van der Waals surface area contributed by atoms with Gasteiger partial charge in [0.05, 0.1) is 0 Å². The molecular weight excluding hydrogens is 276 g/mol. The molecule has 1 aromatic carbocycles. The SMILES string of the molecule is CCNC(=S)NC(=O)c1cccc(Br)c1. The van der Waals surface area contributed by atoms with Crippen LogP contribution in [0.1, 0.15) is 17.3 Å². The van der Waals surface area contributed by atoms with Crippen molar-refractivity contribution in [1.29, 1.82) is 0 Å². The average molecular weight is 287 g/mol. The fourth-order valence-electron chi connectivity index (χ4n) is 1.01. The van der Waals surface area contributed by atoms with Crippen molar-refractivity contribution in [1.82, 2.24) is 10.6 Å². The Morgan fingerprint density at radius 1 is 1.53 bits per heavy atom. The van der Waals surface area contributed by atoms with Gasteiger partial charge in [0.1, 0.15) is 0 Å². The Morgan fingerprint density at radius 3 is 2.87 bits per heavy atom. The molecule has 0 spiro atoms. The number of carbonyl (C=O) groups is 1. The minimum atomic E-state index is -0.206. The van der Waals surface area contributed by atoms with Gasteiger partial charge in [-0.25, -0.2) is 0 Å². The number of hydrogen-bond donors (Lipinski definition) is 2.